The van der Waals surface area contributed by atoms with Crippen molar-refractivity contribution < 1.29 is 14.3 Å². The Morgan fingerprint density at radius 1 is 1.35 bits per heavy atom. The summed E-state index contributed by atoms with van der Waals surface area (Å²) in [6.07, 6.45) is 4.21. The quantitative estimate of drug-likeness (QED) is 0.785. The first-order valence-electron chi connectivity index (χ1n) is 7.68. The highest BCUT2D eigenvalue weighted by Crippen LogP contribution is 2.12. The Labute approximate surface area is 135 Å². The summed E-state index contributed by atoms with van der Waals surface area (Å²) in [6, 6.07) is 6.09. The predicted molar refractivity (Wildman–Crippen MR) is 85.8 cm³/mol. The molecule has 1 heterocycles. The van der Waals surface area contributed by atoms with Crippen molar-refractivity contribution in [3.63, 3.8) is 0 Å². The summed E-state index contributed by atoms with van der Waals surface area (Å²) in [5.74, 6) is -1.10. The third-order valence-corrected chi connectivity index (χ3v) is 3.55. The van der Waals surface area contributed by atoms with Crippen molar-refractivity contribution in [3.8, 4) is 5.69 Å². The number of hydrogen-bond donors (Lipinski definition) is 2. The Bertz CT molecular complexity index is 638. The minimum atomic E-state index is -0.770. The zero-order chi connectivity index (χ0) is 16.8. The second-order valence-corrected chi connectivity index (χ2v) is 6.07. The first-order chi connectivity index (χ1) is 11.0. The van der Waals surface area contributed by atoms with Gasteiger partial charge in [-0.1, -0.05) is 13.8 Å². The first-order valence-corrected chi connectivity index (χ1v) is 7.68. The van der Waals surface area contributed by atoms with E-state index in [-0.39, 0.29) is 11.7 Å². The molecule has 0 saturated heterocycles. The van der Waals surface area contributed by atoms with Crippen molar-refractivity contribution in [2.24, 2.45) is 11.8 Å². The van der Waals surface area contributed by atoms with Crippen molar-refractivity contribution in [1.82, 2.24) is 15.1 Å². The van der Waals surface area contributed by atoms with Crippen LogP contribution in [0.4, 0.5) is 4.39 Å². The van der Waals surface area contributed by atoms with Crippen molar-refractivity contribution >= 4 is 5.97 Å². The summed E-state index contributed by atoms with van der Waals surface area (Å²) < 4.78 is 14.6. The third-order valence-electron chi connectivity index (χ3n) is 3.55. The Morgan fingerprint density at radius 2 is 2.04 bits per heavy atom. The van der Waals surface area contributed by atoms with Crippen molar-refractivity contribution in [2.45, 2.75) is 26.8 Å². The zero-order valence-corrected chi connectivity index (χ0v) is 13.4. The number of benzene rings is 1. The molecule has 2 aromatic rings. The smallest absolute Gasteiger partial charge is 0.307 e. The molecule has 5 nitrogen and oxygen atoms in total. The van der Waals surface area contributed by atoms with Gasteiger partial charge < -0.3 is 10.4 Å². The second kappa shape index (κ2) is 7.87. The maximum Gasteiger partial charge on any atom is 0.307 e. The molecule has 0 aliphatic rings. The summed E-state index contributed by atoms with van der Waals surface area (Å²) in [5, 5.41) is 16.6. The fourth-order valence-electron chi connectivity index (χ4n) is 2.42. The summed E-state index contributed by atoms with van der Waals surface area (Å²) >= 11 is 0. The molecule has 1 aromatic heterocycles. The number of rotatable bonds is 8. The maximum absolute atomic E-state index is 12.9. The van der Waals surface area contributed by atoms with Crippen LogP contribution in [0, 0.1) is 17.7 Å². The fraction of sp³-hybridized carbons (Fsp3) is 0.412. The molecule has 0 aliphatic heterocycles. The Balaban J connectivity index is 1.89. The number of nitrogens with zero attached hydrogens (tertiary/aromatic N) is 2. The molecular weight excluding hydrogens is 297 g/mol. The van der Waals surface area contributed by atoms with E-state index in [9.17, 15) is 14.3 Å². The highest BCUT2D eigenvalue weighted by Gasteiger charge is 2.18. The van der Waals surface area contributed by atoms with Gasteiger partial charge in [0.2, 0.25) is 0 Å². The van der Waals surface area contributed by atoms with Gasteiger partial charge in [0.15, 0.2) is 0 Å². The van der Waals surface area contributed by atoms with Crippen LogP contribution in [0.3, 0.4) is 0 Å². The minimum absolute atomic E-state index is 0.285. The molecule has 0 fully saturated rings. The van der Waals surface area contributed by atoms with Crippen LogP contribution in [-0.4, -0.2) is 27.4 Å². The number of carbonyl (C=O) groups is 1. The van der Waals surface area contributed by atoms with Crippen LogP contribution < -0.4 is 5.32 Å². The normalized spacial score (nSPS) is 12.5. The molecule has 0 bridgehead atoms. The molecular formula is C17H22FN3O2. The molecule has 0 amide bonds. The fourth-order valence-corrected chi connectivity index (χ4v) is 2.42. The summed E-state index contributed by atoms with van der Waals surface area (Å²) in [6.45, 7) is 5.00. The standard InChI is InChI=1S/C17H22FN3O2/c1-12(2)7-14(17(22)23)10-19-8-13-9-20-21(11-13)16-5-3-15(18)4-6-16/h3-6,9,11-12,14,19H,7-8,10H2,1-2H3,(H,22,23). The Morgan fingerprint density at radius 3 is 2.65 bits per heavy atom. The average Bonchev–Trinajstić information content (AvgIpc) is 2.95. The SMILES string of the molecule is CC(C)CC(CNCc1cnn(-c2ccc(F)cc2)c1)C(=O)O. The lowest BCUT2D eigenvalue weighted by Gasteiger charge is -2.15. The van der Waals surface area contributed by atoms with E-state index in [1.807, 2.05) is 20.0 Å². The van der Waals surface area contributed by atoms with Gasteiger partial charge in [0.1, 0.15) is 5.82 Å². The maximum atomic E-state index is 12.9. The van der Waals surface area contributed by atoms with Crippen molar-refractivity contribution in [1.29, 1.82) is 0 Å². The molecule has 6 heteroatoms. The molecule has 2 N–H and O–H groups in total. The van der Waals surface area contributed by atoms with E-state index in [1.54, 1.807) is 23.0 Å². The second-order valence-electron chi connectivity index (χ2n) is 6.07. The number of carboxylic acid groups (broad SMARTS) is 1. The van der Waals surface area contributed by atoms with Gasteiger partial charge in [0.25, 0.3) is 0 Å². The van der Waals surface area contributed by atoms with Crippen molar-refractivity contribution in [3.05, 3.63) is 48.0 Å². The van der Waals surface area contributed by atoms with E-state index < -0.39 is 5.97 Å². The van der Waals surface area contributed by atoms with Gasteiger partial charge in [-0.15, -0.1) is 0 Å². The largest absolute Gasteiger partial charge is 0.481 e. The lowest BCUT2D eigenvalue weighted by Crippen LogP contribution is -2.29. The highest BCUT2D eigenvalue weighted by atomic mass is 19.1. The molecule has 2 rings (SSSR count). The predicted octanol–water partition coefficient (Wildman–Crippen LogP) is 2.85. The number of nitrogens with one attached hydrogen (secondary N) is 1. The van der Waals surface area contributed by atoms with Crippen molar-refractivity contribution in [2.75, 3.05) is 6.54 Å². The van der Waals surface area contributed by atoms with Gasteiger partial charge in [-0.2, -0.15) is 5.10 Å². The van der Waals surface area contributed by atoms with Crippen LogP contribution in [0.1, 0.15) is 25.8 Å². The molecule has 1 unspecified atom stereocenters. The van der Waals surface area contributed by atoms with Gasteiger partial charge in [-0.3, -0.25) is 4.79 Å². The van der Waals surface area contributed by atoms with Gasteiger partial charge in [0.05, 0.1) is 17.8 Å². The zero-order valence-electron chi connectivity index (χ0n) is 13.4. The van der Waals surface area contributed by atoms with Crippen LogP contribution in [0.25, 0.3) is 5.69 Å². The molecule has 0 radical (unpaired) electrons. The molecule has 124 valence electrons. The van der Waals surface area contributed by atoms with E-state index in [2.05, 4.69) is 10.4 Å². The van der Waals surface area contributed by atoms with Gasteiger partial charge >= 0.3 is 5.97 Å². The van der Waals surface area contributed by atoms with Crippen LogP contribution in [0.2, 0.25) is 0 Å². The van der Waals surface area contributed by atoms with Gasteiger partial charge in [-0.05, 0) is 36.6 Å². The van der Waals surface area contributed by atoms with Crippen LogP contribution in [0.15, 0.2) is 36.7 Å². The number of halogens is 1. The third kappa shape index (κ3) is 5.17. The first kappa shape index (κ1) is 17.1. The topological polar surface area (TPSA) is 67.2 Å². The Hall–Kier alpha value is -2.21. The summed E-state index contributed by atoms with van der Waals surface area (Å²) in [5.41, 5.74) is 1.73. The molecule has 0 aliphatic carbocycles. The monoisotopic (exact) mass is 319 g/mol. The molecule has 23 heavy (non-hydrogen) atoms. The number of aliphatic carboxylic acids is 1. The van der Waals surface area contributed by atoms with Crippen LogP contribution >= 0.6 is 0 Å². The van der Waals surface area contributed by atoms with E-state index in [4.69, 9.17) is 0 Å². The van der Waals surface area contributed by atoms with Crippen LogP contribution in [-0.2, 0) is 11.3 Å². The van der Waals surface area contributed by atoms with E-state index in [0.29, 0.717) is 25.4 Å². The lowest BCUT2D eigenvalue weighted by molar-refractivity contribution is -0.142. The molecule has 0 saturated carbocycles. The van der Waals surface area contributed by atoms with E-state index in [1.165, 1.54) is 12.1 Å². The van der Waals surface area contributed by atoms with E-state index in [0.717, 1.165) is 11.3 Å². The minimum Gasteiger partial charge on any atom is -0.481 e. The van der Waals surface area contributed by atoms with Gasteiger partial charge in [-0.25, -0.2) is 9.07 Å². The number of hydrogen-bond acceptors (Lipinski definition) is 3. The number of carboxylic acids is 1. The molecule has 1 atom stereocenters. The summed E-state index contributed by atoms with van der Waals surface area (Å²) in [4.78, 5) is 11.2. The average molecular weight is 319 g/mol. The van der Waals surface area contributed by atoms with Crippen LogP contribution in [0.5, 0.6) is 0 Å². The molecule has 0 spiro atoms. The summed E-state index contributed by atoms with van der Waals surface area (Å²) in [7, 11) is 0. The van der Waals surface area contributed by atoms with Gasteiger partial charge in [0, 0.05) is 24.8 Å². The molecule has 1 aromatic carbocycles. The highest BCUT2D eigenvalue weighted by molar-refractivity contribution is 5.70. The number of aromatic nitrogens is 2. The Kier molecular flexibility index (Phi) is 5.87. The van der Waals surface area contributed by atoms with E-state index >= 15 is 0 Å². The lowest BCUT2D eigenvalue weighted by atomic mass is 9.97.